The first kappa shape index (κ1) is 35.5. The Balaban J connectivity index is -0.000000646. The van der Waals surface area contributed by atoms with Gasteiger partial charge in [0.2, 0.25) is 0 Å². The predicted octanol–water partition coefficient (Wildman–Crippen LogP) is 4.51. The largest absolute Gasteiger partial charge is 0.466 e. The molecule has 2 unspecified atom stereocenters. The average molecular weight is 493 g/mol. The van der Waals surface area contributed by atoms with Gasteiger partial charge in [-0.1, -0.05) is 84.3 Å². The number of aliphatic hydroxyl groups is 1. The van der Waals surface area contributed by atoms with Crippen molar-refractivity contribution in [1.29, 1.82) is 0 Å². The number of aliphatic hydroxyl groups excluding tert-OH is 1. The SMILES string of the molecule is C/C(=C\CO)CCCC(C)CCCC(C)CCCC(C)C.O=P(O)(O)O.O=P(O)(O)O. The van der Waals surface area contributed by atoms with Crippen LogP contribution in [0.15, 0.2) is 11.6 Å². The van der Waals surface area contributed by atoms with Crippen molar-refractivity contribution in [3.8, 4) is 0 Å². The quantitative estimate of drug-likeness (QED) is 0.144. The number of hydrogen-bond donors (Lipinski definition) is 7. The summed E-state index contributed by atoms with van der Waals surface area (Å²) in [4.78, 5) is 43.1. The van der Waals surface area contributed by atoms with E-state index in [9.17, 15) is 0 Å². The van der Waals surface area contributed by atoms with Crippen LogP contribution in [-0.4, -0.2) is 41.1 Å². The van der Waals surface area contributed by atoms with Crippen molar-refractivity contribution in [2.24, 2.45) is 17.8 Å². The third kappa shape index (κ3) is 53.3. The van der Waals surface area contributed by atoms with Gasteiger partial charge in [-0.25, -0.2) is 9.13 Å². The highest BCUT2D eigenvalue weighted by molar-refractivity contribution is 7.45. The first-order chi connectivity index (χ1) is 14.0. The molecule has 0 aromatic rings. The van der Waals surface area contributed by atoms with Crippen molar-refractivity contribution in [3.05, 3.63) is 11.6 Å². The Labute approximate surface area is 188 Å². The van der Waals surface area contributed by atoms with E-state index in [1.165, 1.54) is 56.9 Å². The Bertz CT molecular complexity index is 490. The van der Waals surface area contributed by atoms with Crippen molar-refractivity contribution in [2.45, 2.75) is 92.4 Å². The molecular formula is C20H46O9P2. The van der Waals surface area contributed by atoms with Crippen LogP contribution in [0.25, 0.3) is 0 Å². The van der Waals surface area contributed by atoms with Crippen LogP contribution < -0.4 is 0 Å². The number of allylic oxidation sites excluding steroid dienone is 1. The van der Waals surface area contributed by atoms with Crippen molar-refractivity contribution in [2.75, 3.05) is 6.61 Å². The molecule has 0 saturated carbocycles. The normalized spacial score (nSPS) is 14.3. The molecule has 11 heteroatoms. The van der Waals surface area contributed by atoms with Gasteiger partial charge in [0.15, 0.2) is 0 Å². The molecule has 31 heavy (non-hydrogen) atoms. The van der Waals surface area contributed by atoms with Crippen LogP contribution in [0.4, 0.5) is 0 Å². The molecule has 0 rings (SSSR count). The molecule has 0 aromatic heterocycles. The van der Waals surface area contributed by atoms with Crippen molar-refractivity contribution in [3.63, 3.8) is 0 Å². The van der Waals surface area contributed by atoms with E-state index in [0.29, 0.717) is 0 Å². The summed E-state index contributed by atoms with van der Waals surface area (Å²) in [5.41, 5.74) is 1.34. The Morgan fingerprint density at radius 1 is 0.710 bits per heavy atom. The molecule has 0 heterocycles. The molecule has 0 radical (unpaired) electrons. The zero-order chi connectivity index (χ0) is 25.1. The molecule has 0 aliphatic heterocycles. The summed E-state index contributed by atoms with van der Waals surface area (Å²) in [6, 6.07) is 0. The highest BCUT2D eigenvalue weighted by Gasteiger charge is 2.06. The number of rotatable bonds is 13. The van der Waals surface area contributed by atoms with Crippen LogP contribution >= 0.6 is 15.6 Å². The van der Waals surface area contributed by atoms with E-state index >= 15 is 0 Å². The fourth-order valence-electron chi connectivity index (χ4n) is 2.97. The topological polar surface area (TPSA) is 176 Å². The summed E-state index contributed by atoms with van der Waals surface area (Å²) in [5.74, 6) is 2.63. The van der Waals surface area contributed by atoms with Gasteiger partial charge in [-0.15, -0.1) is 0 Å². The minimum atomic E-state index is -4.64. The molecule has 0 aromatic carbocycles. The molecule has 0 bridgehead atoms. The van der Waals surface area contributed by atoms with E-state index in [0.717, 1.165) is 24.2 Å². The average Bonchev–Trinajstić information content (AvgIpc) is 2.51. The first-order valence-electron chi connectivity index (χ1n) is 10.8. The fourth-order valence-corrected chi connectivity index (χ4v) is 2.97. The lowest BCUT2D eigenvalue weighted by atomic mass is 9.91. The molecule has 0 spiro atoms. The van der Waals surface area contributed by atoms with Gasteiger partial charge in [0.1, 0.15) is 0 Å². The summed E-state index contributed by atoms with van der Waals surface area (Å²) >= 11 is 0. The molecule has 190 valence electrons. The molecule has 0 fully saturated rings. The lowest BCUT2D eigenvalue weighted by Gasteiger charge is -2.15. The standard InChI is InChI=1S/C20H40O.2H3O4P/c1-17(2)9-6-10-18(3)11-7-12-19(4)13-8-14-20(5)15-16-21;2*1-5(2,3)4/h15,17-19,21H,6-14,16H2,1-5H3;2*(H3,1,2,3,4)/b20-15+;;. The van der Waals surface area contributed by atoms with Crippen LogP contribution in [0.2, 0.25) is 0 Å². The summed E-state index contributed by atoms with van der Waals surface area (Å²) in [6.07, 6.45) is 14.1. The minimum absolute atomic E-state index is 0.191. The second kappa shape index (κ2) is 20.5. The van der Waals surface area contributed by atoms with Crippen LogP contribution in [0.5, 0.6) is 0 Å². The van der Waals surface area contributed by atoms with Gasteiger partial charge in [-0.2, -0.15) is 0 Å². The Morgan fingerprint density at radius 2 is 1.03 bits per heavy atom. The smallest absolute Gasteiger partial charge is 0.392 e. The maximum absolute atomic E-state index is 8.88. The maximum atomic E-state index is 8.88. The Morgan fingerprint density at radius 3 is 1.35 bits per heavy atom. The monoisotopic (exact) mass is 492 g/mol. The molecule has 7 N–H and O–H groups in total. The van der Waals surface area contributed by atoms with E-state index in [2.05, 4.69) is 34.6 Å². The second-order valence-electron chi connectivity index (χ2n) is 8.62. The highest BCUT2D eigenvalue weighted by Crippen LogP contribution is 2.26. The lowest BCUT2D eigenvalue weighted by molar-refractivity contribution is 0.272. The molecule has 0 saturated heterocycles. The maximum Gasteiger partial charge on any atom is 0.466 e. The van der Waals surface area contributed by atoms with Gasteiger partial charge in [-0.05, 0) is 37.5 Å². The molecule has 9 nitrogen and oxygen atoms in total. The van der Waals surface area contributed by atoms with Crippen LogP contribution in [0, 0.1) is 17.8 Å². The van der Waals surface area contributed by atoms with E-state index in [4.69, 9.17) is 43.6 Å². The van der Waals surface area contributed by atoms with E-state index in [-0.39, 0.29) is 6.61 Å². The van der Waals surface area contributed by atoms with Crippen LogP contribution in [0.3, 0.4) is 0 Å². The summed E-state index contributed by atoms with van der Waals surface area (Å²) in [5, 5.41) is 8.83. The zero-order valence-corrected chi connectivity index (χ0v) is 21.5. The Hall–Kier alpha value is -0.0800. The van der Waals surface area contributed by atoms with Crippen molar-refractivity contribution >= 4 is 15.6 Å². The summed E-state index contributed by atoms with van der Waals surface area (Å²) in [6.45, 7) is 11.8. The number of phosphoric acid groups is 2. The van der Waals surface area contributed by atoms with E-state index in [1.807, 2.05) is 6.08 Å². The lowest BCUT2D eigenvalue weighted by Crippen LogP contribution is -2.00. The summed E-state index contributed by atoms with van der Waals surface area (Å²) < 4.78 is 17.8. The summed E-state index contributed by atoms with van der Waals surface area (Å²) in [7, 11) is -9.28. The minimum Gasteiger partial charge on any atom is -0.392 e. The molecule has 0 amide bonds. The first-order valence-corrected chi connectivity index (χ1v) is 13.9. The van der Waals surface area contributed by atoms with Gasteiger partial charge in [-0.3, -0.25) is 0 Å². The number of hydrogen-bond acceptors (Lipinski definition) is 3. The predicted molar refractivity (Wildman–Crippen MR) is 124 cm³/mol. The van der Waals surface area contributed by atoms with Gasteiger partial charge in [0.05, 0.1) is 6.61 Å². The third-order valence-electron chi connectivity index (χ3n) is 4.58. The Kier molecular flexibility index (Phi) is 23.5. The molecule has 2 atom stereocenters. The highest BCUT2D eigenvalue weighted by atomic mass is 31.2. The van der Waals surface area contributed by atoms with E-state index in [1.54, 1.807) is 0 Å². The van der Waals surface area contributed by atoms with E-state index < -0.39 is 15.6 Å². The van der Waals surface area contributed by atoms with Gasteiger partial charge in [0, 0.05) is 0 Å². The third-order valence-corrected chi connectivity index (χ3v) is 4.58. The van der Waals surface area contributed by atoms with Crippen molar-refractivity contribution in [1.82, 2.24) is 0 Å². The zero-order valence-electron chi connectivity index (χ0n) is 19.7. The van der Waals surface area contributed by atoms with Crippen molar-refractivity contribution < 1.29 is 43.6 Å². The second-order valence-corrected chi connectivity index (χ2v) is 10.7. The van der Waals surface area contributed by atoms with Gasteiger partial charge >= 0.3 is 15.6 Å². The molecule has 0 aliphatic carbocycles. The van der Waals surface area contributed by atoms with Gasteiger partial charge in [0.25, 0.3) is 0 Å². The molecule has 0 aliphatic rings. The fraction of sp³-hybridized carbons (Fsp3) is 0.900. The van der Waals surface area contributed by atoms with Crippen LogP contribution in [0.1, 0.15) is 92.4 Å². The molecular weight excluding hydrogens is 446 g/mol. The van der Waals surface area contributed by atoms with Gasteiger partial charge < -0.3 is 34.5 Å². The van der Waals surface area contributed by atoms with Crippen LogP contribution in [-0.2, 0) is 9.13 Å².